The second-order valence-electron chi connectivity index (χ2n) is 6.45. The van der Waals surface area contributed by atoms with E-state index in [1.165, 1.54) is 5.56 Å². The monoisotopic (exact) mass is 368 g/mol. The van der Waals surface area contributed by atoms with Gasteiger partial charge in [-0.25, -0.2) is 4.98 Å². The third-order valence-electron chi connectivity index (χ3n) is 4.47. The molecule has 0 aliphatic heterocycles. The van der Waals surface area contributed by atoms with Gasteiger partial charge in [-0.1, -0.05) is 37.3 Å². The Kier molecular flexibility index (Phi) is 4.97. The van der Waals surface area contributed by atoms with Crippen molar-refractivity contribution in [1.82, 2.24) is 9.97 Å². The molecule has 0 spiro atoms. The minimum atomic E-state index is -0.155. The lowest BCUT2D eigenvalue weighted by Gasteiger charge is -2.09. The zero-order valence-corrected chi connectivity index (χ0v) is 15.5. The first-order valence-corrected chi connectivity index (χ1v) is 9.20. The van der Waals surface area contributed by atoms with E-state index in [1.807, 2.05) is 60.7 Å². The van der Waals surface area contributed by atoms with Crippen molar-refractivity contribution in [1.29, 1.82) is 0 Å². The summed E-state index contributed by atoms with van der Waals surface area (Å²) in [7, 11) is 0. The fourth-order valence-electron chi connectivity index (χ4n) is 2.93. The van der Waals surface area contributed by atoms with E-state index in [-0.39, 0.29) is 5.91 Å². The number of nitrogens with zero attached hydrogens (tertiary/aromatic N) is 2. The van der Waals surface area contributed by atoms with Gasteiger partial charge >= 0.3 is 0 Å². The molecule has 5 nitrogen and oxygen atoms in total. The standard InChI is InChI=1S/C23H20N4O/c1-2-16-10-12-18(13-11-16)26-23(28)17-6-5-7-19(14-17)25-22-15-24-20-8-3-4-9-21(20)27-22/h3-15H,2H2,1H3,(H,25,27)(H,26,28). The third-order valence-corrected chi connectivity index (χ3v) is 4.47. The zero-order valence-electron chi connectivity index (χ0n) is 15.5. The van der Waals surface area contributed by atoms with E-state index < -0.39 is 0 Å². The molecular formula is C23H20N4O. The molecule has 138 valence electrons. The highest BCUT2D eigenvalue weighted by molar-refractivity contribution is 6.04. The van der Waals surface area contributed by atoms with Crippen LogP contribution in [0.2, 0.25) is 0 Å². The van der Waals surface area contributed by atoms with Crippen LogP contribution in [0.15, 0.2) is 79.0 Å². The van der Waals surface area contributed by atoms with Crippen LogP contribution < -0.4 is 10.6 Å². The van der Waals surface area contributed by atoms with Gasteiger partial charge in [0.25, 0.3) is 5.91 Å². The maximum Gasteiger partial charge on any atom is 0.255 e. The Morgan fingerprint density at radius 2 is 1.68 bits per heavy atom. The molecular weight excluding hydrogens is 348 g/mol. The number of aryl methyl sites for hydroxylation is 1. The fraction of sp³-hybridized carbons (Fsp3) is 0.0870. The smallest absolute Gasteiger partial charge is 0.255 e. The number of hydrogen-bond acceptors (Lipinski definition) is 4. The topological polar surface area (TPSA) is 66.9 Å². The second kappa shape index (κ2) is 7.88. The second-order valence-corrected chi connectivity index (χ2v) is 6.45. The molecule has 0 saturated carbocycles. The Hall–Kier alpha value is -3.73. The van der Waals surface area contributed by atoms with Crippen LogP contribution in [0.1, 0.15) is 22.8 Å². The van der Waals surface area contributed by atoms with E-state index in [9.17, 15) is 4.79 Å². The van der Waals surface area contributed by atoms with Gasteiger partial charge in [0.1, 0.15) is 5.82 Å². The molecule has 0 aliphatic carbocycles. The quantitative estimate of drug-likeness (QED) is 0.509. The molecule has 5 heteroatoms. The molecule has 0 fully saturated rings. The van der Waals surface area contributed by atoms with Gasteiger partial charge in [-0.3, -0.25) is 9.78 Å². The fourth-order valence-corrected chi connectivity index (χ4v) is 2.93. The third kappa shape index (κ3) is 3.99. The van der Waals surface area contributed by atoms with E-state index in [0.29, 0.717) is 11.4 Å². The number of hydrogen-bond donors (Lipinski definition) is 2. The van der Waals surface area contributed by atoms with Crippen LogP contribution in [0.3, 0.4) is 0 Å². The maximum absolute atomic E-state index is 12.6. The Balaban J connectivity index is 1.50. The highest BCUT2D eigenvalue weighted by Crippen LogP contribution is 2.19. The molecule has 0 atom stereocenters. The van der Waals surface area contributed by atoms with Gasteiger partial charge in [0, 0.05) is 16.9 Å². The van der Waals surface area contributed by atoms with Crippen LogP contribution in [0.5, 0.6) is 0 Å². The summed E-state index contributed by atoms with van der Waals surface area (Å²) < 4.78 is 0. The van der Waals surface area contributed by atoms with E-state index in [2.05, 4.69) is 27.5 Å². The number of amides is 1. The average molecular weight is 368 g/mol. The van der Waals surface area contributed by atoms with Crippen molar-refractivity contribution in [2.45, 2.75) is 13.3 Å². The minimum Gasteiger partial charge on any atom is -0.339 e. The van der Waals surface area contributed by atoms with Gasteiger partial charge in [0.15, 0.2) is 0 Å². The number of benzene rings is 3. The maximum atomic E-state index is 12.6. The number of fused-ring (bicyclic) bond motifs is 1. The van der Waals surface area contributed by atoms with Crippen molar-refractivity contribution >= 4 is 34.1 Å². The minimum absolute atomic E-state index is 0.155. The first kappa shape index (κ1) is 17.7. The normalized spacial score (nSPS) is 10.6. The number of rotatable bonds is 5. The summed E-state index contributed by atoms with van der Waals surface area (Å²) >= 11 is 0. The van der Waals surface area contributed by atoms with Crippen LogP contribution in [0.4, 0.5) is 17.2 Å². The van der Waals surface area contributed by atoms with Crippen molar-refractivity contribution in [3.8, 4) is 0 Å². The van der Waals surface area contributed by atoms with Crippen molar-refractivity contribution in [2.75, 3.05) is 10.6 Å². The van der Waals surface area contributed by atoms with Crippen molar-refractivity contribution in [3.05, 3.63) is 90.1 Å². The van der Waals surface area contributed by atoms with Crippen LogP contribution in [0.25, 0.3) is 11.0 Å². The largest absolute Gasteiger partial charge is 0.339 e. The van der Waals surface area contributed by atoms with Crippen LogP contribution in [0, 0.1) is 0 Å². The molecule has 0 aliphatic rings. The molecule has 3 aromatic carbocycles. The van der Waals surface area contributed by atoms with E-state index >= 15 is 0 Å². The van der Waals surface area contributed by atoms with Crippen molar-refractivity contribution in [2.24, 2.45) is 0 Å². The molecule has 0 bridgehead atoms. The summed E-state index contributed by atoms with van der Waals surface area (Å²) in [5.41, 5.74) is 5.02. The molecule has 4 rings (SSSR count). The van der Waals surface area contributed by atoms with Crippen molar-refractivity contribution in [3.63, 3.8) is 0 Å². The van der Waals surface area contributed by atoms with E-state index in [0.717, 1.165) is 28.8 Å². The molecule has 0 saturated heterocycles. The number of anilines is 3. The molecule has 0 unspecified atom stereocenters. The lowest BCUT2D eigenvalue weighted by Crippen LogP contribution is -2.12. The van der Waals surface area contributed by atoms with Gasteiger partial charge in [-0.2, -0.15) is 0 Å². The molecule has 0 radical (unpaired) electrons. The number of carbonyl (C=O) groups is 1. The Bertz CT molecular complexity index is 1120. The summed E-state index contributed by atoms with van der Waals surface area (Å²) in [5, 5.41) is 6.15. The predicted molar refractivity (Wildman–Crippen MR) is 113 cm³/mol. The van der Waals surface area contributed by atoms with Gasteiger partial charge in [0.2, 0.25) is 0 Å². The SMILES string of the molecule is CCc1ccc(NC(=O)c2cccc(Nc3cnc4ccccc4n3)c2)cc1. The highest BCUT2D eigenvalue weighted by Gasteiger charge is 2.08. The van der Waals surface area contributed by atoms with Crippen molar-refractivity contribution < 1.29 is 4.79 Å². The van der Waals surface area contributed by atoms with Gasteiger partial charge in [-0.05, 0) is 54.4 Å². The Labute approximate surface area is 163 Å². The van der Waals surface area contributed by atoms with Crippen LogP contribution in [-0.2, 0) is 6.42 Å². The number of nitrogens with one attached hydrogen (secondary N) is 2. The summed E-state index contributed by atoms with van der Waals surface area (Å²) in [5.74, 6) is 0.476. The number of para-hydroxylation sites is 2. The summed E-state index contributed by atoms with van der Waals surface area (Å²) in [6.45, 7) is 2.10. The van der Waals surface area contributed by atoms with Crippen LogP contribution >= 0.6 is 0 Å². The Morgan fingerprint density at radius 1 is 0.893 bits per heavy atom. The number of aromatic nitrogens is 2. The zero-order chi connectivity index (χ0) is 19.3. The lowest BCUT2D eigenvalue weighted by atomic mass is 10.1. The van der Waals surface area contributed by atoms with Gasteiger partial charge in [-0.15, -0.1) is 0 Å². The van der Waals surface area contributed by atoms with Gasteiger partial charge < -0.3 is 10.6 Å². The Morgan fingerprint density at radius 3 is 2.46 bits per heavy atom. The molecule has 1 heterocycles. The van der Waals surface area contributed by atoms with E-state index in [1.54, 1.807) is 18.3 Å². The molecule has 1 amide bonds. The molecule has 1 aromatic heterocycles. The molecule has 4 aromatic rings. The summed E-state index contributed by atoms with van der Waals surface area (Å²) in [6, 6.07) is 22.9. The summed E-state index contributed by atoms with van der Waals surface area (Å²) in [4.78, 5) is 21.5. The van der Waals surface area contributed by atoms with Crippen LogP contribution in [-0.4, -0.2) is 15.9 Å². The number of carbonyl (C=O) groups excluding carboxylic acids is 1. The summed E-state index contributed by atoms with van der Waals surface area (Å²) in [6.07, 6.45) is 2.66. The molecule has 28 heavy (non-hydrogen) atoms. The average Bonchev–Trinajstić information content (AvgIpc) is 2.74. The van der Waals surface area contributed by atoms with Gasteiger partial charge in [0.05, 0.1) is 17.2 Å². The van der Waals surface area contributed by atoms with E-state index in [4.69, 9.17) is 0 Å². The highest BCUT2D eigenvalue weighted by atomic mass is 16.1. The lowest BCUT2D eigenvalue weighted by molar-refractivity contribution is 0.102. The first-order valence-electron chi connectivity index (χ1n) is 9.20. The molecule has 2 N–H and O–H groups in total. The first-order chi connectivity index (χ1) is 13.7. The predicted octanol–water partition coefficient (Wildman–Crippen LogP) is 5.19.